The SMILES string of the molecule is CCCN(C(=O)C[NH+]1CC[NH+](Cc2ccc(C#N)cc2)CC1)C1=CCCC1. The number of rotatable bonds is 7. The molecule has 1 aliphatic carbocycles. The Morgan fingerprint density at radius 3 is 2.44 bits per heavy atom. The lowest BCUT2D eigenvalue weighted by Gasteiger charge is -2.31. The smallest absolute Gasteiger partial charge is 0.281 e. The van der Waals surface area contributed by atoms with Gasteiger partial charge in [0.1, 0.15) is 32.7 Å². The van der Waals surface area contributed by atoms with Crippen molar-refractivity contribution in [2.45, 2.75) is 39.2 Å². The number of nitriles is 1. The molecule has 2 N–H and O–H groups in total. The van der Waals surface area contributed by atoms with E-state index in [1.165, 1.54) is 22.6 Å². The normalized spacial score (nSPS) is 22.1. The molecule has 0 aromatic heterocycles. The summed E-state index contributed by atoms with van der Waals surface area (Å²) in [6.07, 6.45) is 6.63. The third kappa shape index (κ3) is 5.41. The van der Waals surface area contributed by atoms with Gasteiger partial charge in [-0.2, -0.15) is 5.26 Å². The molecule has 0 radical (unpaired) electrons. The van der Waals surface area contributed by atoms with Crippen molar-refractivity contribution < 1.29 is 14.6 Å². The topological polar surface area (TPSA) is 53.0 Å². The molecule has 5 heteroatoms. The van der Waals surface area contributed by atoms with E-state index in [1.54, 1.807) is 4.90 Å². The van der Waals surface area contributed by atoms with Crippen LogP contribution in [-0.2, 0) is 11.3 Å². The maximum Gasteiger partial charge on any atom is 0.281 e. The van der Waals surface area contributed by atoms with Crippen molar-refractivity contribution in [1.82, 2.24) is 4.90 Å². The molecule has 1 heterocycles. The number of hydrogen-bond acceptors (Lipinski definition) is 2. The van der Waals surface area contributed by atoms with Gasteiger partial charge in [-0.3, -0.25) is 4.79 Å². The third-order valence-corrected chi connectivity index (χ3v) is 5.71. The lowest BCUT2D eigenvalue weighted by atomic mass is 10.1. The number of allylic oxidation sites excluding steroid dienone is 2. The predicted octanol–water partition coefficient (Wildman–Crippen LogP) is 0.148. The fraction of sp³-hybridized carbons (Fsp3) is 0.545. The van der Waals surface area contributed by atoms with E-state index in [1.807, 2.05) is 12.1 Å². The van der Waals surface area contributed by atoms with Crippen molar-refractivity contribution in [2.75, 3.05) is 39.3 Å². The van der Waals surface area contributed by atoms with E-state index in [9.17, 15) is 4.79 Å². The number of quaternary nitrogens is 2. The van der Waals surface area contributed by atoms with Gasteiger partial charge >= 0.3 is 0 Å². The Hall–Kier alpha value is -2.16. The van der Waals surface area contributed by atoms with Gasteiger partial charge in [-0.1, -0.05) is 25.1 Å². The Labute approximate surface area is 162 Å². The Morgan fingerprint density at radius 2 is 1.85 bits per heavy atom. The van der Waals surface area contributed by atoms with Crippen LogP contribution in [-0.4, -0.2) is 50.1 Å². The number of benzene rings is 1. The molecule has 2 aliphatic rings. The minimum Gasteiger partial charge on any atom is -0.322 e. The molecule has 1 aromatic rings. The molecule has 1 amide bonds. The van der Waals surface area contributed by atoms with Crippen molar-refractivity contribution in [3.63, 3.8) is 0 Å². The predicted molar refractivity (Wildman–Crippen MR) is 105 cm³/mol. The number of carbonyl (C=O) groups is 1. The van der Waals surface area contributed by atoms with Crippen LogP contribution in [0.4, 0.5) is 0 Å². The third-order valence-electron chi connectivity index (χ3n) is 5.71. The van der Waals surface area contributed by atoms with E-state index in [0.717, 1.165) is 64.1 Å². The first-order valence-electron chi connectivity index (χ1n) is 10.3. The van der Waals surface area contributed by atoms with Crippen LogP contribution in [0.3, 0.4) is 0 Å². The number of nitrogens with one attached hydrogen (secondary N) is 2. The van der Waals surface area contributed by atoms with E-state index in [4.69, 9.17) is 5.26 Å². The van der Waals surface area contributed by atoms with Crippen molar-refractivity contribution in [2.24, 2.45) is 0 Å². The van der Waals surface area contributed by atoms with Crippen LogP contribution in [0, 0.1) is 11.3 Å². The van der Waals surface area contributed by atoms with Gasteiger partial charge in [0.25, 0.3) is 5.91 Å². The average molecular weight is 369 g/mol. The molecule has 0 atom stereocenters. The van der Waals surface area contributed by atoms with Crippen molar-refractivity contribution in [3.8, 4) is 6.07 Å². The first kappa shape index (κ1) is 19.6. The summed E-state index contributed by atoms with van der Waals surface area (Å²) in [7, 11) is 0. The summed E-state index contributed by atoms with van der Waals surface area (Å²) < 4.78 is 0. The average Bonchev–Trinajstić information content (AvgIpc) is 3.22. The maximum absolute atomic E-state index is 12.9. The van der Waals surface area contributed by atoms with Gasteiger partial charge in [-0.25, -0.2) is 0 Å². The molecule has 1 aromatic carbocycles. The van der Waals surface area contributed by atoms with Gasteiger partial charge in [0.05, 0.1) is 11.6 Å². The Morgan fingerprint density at radius 1 is 1.15 bits per heavy atom. The lowest BCUT2D eigenvalue weighted by molar-refractivity contribution is -1.02. The van der Waals surface area contributed by atoms with E-state index < -0.39 is 0 Å². The number of carbonyl (C=O) groups excluding carboxylic acids is 1. The zero-order valence-corrected chi connectivity index (χ0v) is 16.5. The number of amides is 1. The quantitative estimate of drug-likeness (QED) is 0.720. The molecular weight excluding hydrogens is 336 g/mol. The van der Waals surface area contributed by atoms with Crippen molar-refractivity contribution >= 4 is 5.91 Å². The zero-order valence-electron chi connectivity index (χ0n) is 16.5. The summed E-state index contributed by atoms with van der Waals surface area (Å²) in [5.41, 5.74) is 3.26. The van der Waals surface area contributed by atoms with Gasteiger partial charge in [-0.05, 0) is 37.8 Å². The van der Waals surface area contributed by atoms with Gasteiger partial charge in [-0.15, -0.1) is 0 Å². The minimum absolute atomic E-state index is 0.301. The van der Waals surface area contributed by atoms with E-state index >= 15 is 0 Å². The second kappa shape index (κ2) is 9.68. The second-order valence-corrected chi connectivity index (χ2v) is 7.80. The summed E-state index contributed by atoms with van der Waals surface area (Å²) in [6.45, 7) is 8.93. The molecule has 3 rings (SSSR count). The molecule has 27 heavy (non-hydrogen) atoms. The molecule has 144 valence electrons. The van der Waals surface area contributed by atoms with Crippen LogP contribution in [0.1, 0.15) is 43.7 Å². The van der Waals surface area contributed by atoms with Gasteiger partial charge in [0.15, 0.2) is 6.54 Å². The molecule has 0 bridgehead atoms. The van der Waals surface area contributed by atoms with Crippen LogP contribution in [0.2, 0.25) is 0 Å². The minimum atomic E-state index is 0.301. The van der Waals surface area contributed by atoms with Gasteiger partial charge in [0.2, 0.25) is 0 Å². The summed E-state index contributed by atoms with van der Waals surface area (Å²) in [6, 6.07) is 10.1. The molecule has 0 unspecified atom stereocenters. The standard InChI is InChI=1S/C22H30N4O/c1-2-11-26(21-5-3-4-6-21)22(27)18-25-14-12-24(13-15-25)17-20-9-7-19(16-23)8-10-20/h5,7-10H,2-4,6,11-15,17-18H2,1H3/p+2. The lowest BCUT2D eigenvalue weighted by Crippen LogP contribution is -3.28. The highest BCUT2D eigenvalue weighted by Gasteiger charge is 2.28. The summed E-state index contributed by atoms with van der Waals surface area (Å²) >= 11 is 0. The summed E-state index contributed by atoms with van der Waals surface area (Å²) in [5.74, 6) is 0.301. The highest BCUT2D eigenvalue weighted by molar-refractivity contribution is 5.79. The first-order valence-corrected chi connectivity index (χ1v) is 10.3. The number of nitrogens with zero attached hydrogens (tertiary/aromatic N) is 2. The van der Waals surface area contributed by atoms with E-state index in [0.29, 0.717) is 12.5 Å². The Bertz CT molecular complexity index is 696. The number of hydrogen-bond donors (Lipinski definition) is 2. The van der Waals surface area contributed by atoms with E-state index in [2.05, 4.69) is 36.1 Å². The van der Waals surface area contributed by atoms with Crippen LogP contribution >= 0.6 is 0 Å². The molecule has 1 aliphatic heterocycles. The second-order valence-electron chi connectivity index (χ2n) is 7.80. The fourth-order valence-electron chi connectivity index (χ4n) is 4.16. The van der Waals surface area contributed by atoms with Crippen LogP contribution < -0.4 is 9.80 Å². The van der Waals surface area contributed by atoms with Gasteiger partial charge in [0, 0.05) is 17.8 Å². The molecule has 0 spiro atoms. The molecule has 0 saturated carbocycles. The summed E-state index contributed by atoms with van der Waals surface area (Å²) in [5, 5.41) is 8.90. The van der Waals surface area contributed by atoms with Gasteiger partial charge < -0.3 is 14.7 Å². The summed E-state index contributed by atoms with van der Waals surface area (Å²) in [4.78, 5) is 17.9. The monoisotopic (exact) mass is 368 g/mol. The first-order chi connectivity index (χ1) is 13.2. The Kier molecular flexibility index (Phi) is 7.03. The molecule has 1 saturated heterocycles. The van der Waals surface area contributed by atoms with E-state index in [-0.39, 0.29) is 0 Å². The van der Waals surface area contributed by atoms with Crippen LogP contribution in [0.25, 0.3) is 0 Å². The maximum atomic E-state index is 12.9. The fourth-order valence-corrected chi connectivity index (χ4v) is 4.16. The highest BCUT2D eigenvalue weighted by Crippen LogP contribution is 2.21. The number of piperazine rings is 1. The highest BCUT2D eigenvalue weighted by atomic mass is 16.2. The van der Waals surface area contributed by atoms with Crippen molar-refractivity contribution in [1.29, 1.82) is 5.26 Å². The molecular formula is C22H32N4O+2. The van der Waals surface area contributed by atoms with Crippen molar-refractivity contribution in [3.05, 3.63) is 47.2 Å². The molecule has 1 fully saturated rings. The van der Waals surface area contributed by atoms with Crippen LogP contribution in [0.15, 0.2) is 36.0 Å². The molecule has 5 nitrogen and oxygen atoms in total. The van der Waals surface area contributed by atoms with Crippen LogP contribution in [0.5, 0.6) is 0 Å². The zero-order chi connectivity index (χ0) is 19.1. The largest absolute Gasteiger partial charge is 0.322 e. The Balaban J connectivity index is 1.46.